The molecule has 1 amide bonds. The maximum Gasteiger partial charge on any atom is 0.228 e. The third-order valence-electron chi connectivity index (χ3n) is 3.54. The molecule has 94 valence electrons. The Morgan fingerprint density at radius 1 is 1.47 bits per heavy atom. The number of carbonyl (C=O) groups is 1. The van der Waals surface area contributed by atoms with E-state index >= 15 is 0 Å². The van der Waals surface area contributed by atoms with Crippen LogP contribution in [0.3, 0.4) is 0 Å². The number of thiophene rings is 1. The van der Waals surface area contributed by atoms with Crippen LogP contribution in [0.25, 0.3) is 0 Å². The molecule has 2 rings (SSSR count). The third-order valence-corrected chi connectivity index (χ3v) is 4.41. The molecule has 3 heteroatoms. The minimum atomic E-state index is 0.302. The van der Waals surface area contributed by atoms with E-state index in [1.165, 1.54) is 17.7 Å². The molecule has 1 atom stereocenters. The van der Waals surface area contributed by atoms with Crippen LogP contribution < -0.4 is 0 Å². The smallest absolute Gasteiger partial charge is 0.228 e. The lowest BCUT2D eigenvalue weighted by atomic mass is 10.0. The van der Waals surface area contributed by atoms with Crippen LogP contribution in [-0.2, 0) is 11.2 Å². The van der Waals surface area contributed by atoms with Crippen molar-refractivity contribution >= 4 is 17.2 Å². The number of hydrogen-bond donors (Lipinski definition) is 0. The second-order valence-electron chi connectivity index (χ2n) is 5.27. The maximum atomic E-state index is 12.4. The molecule has 17 heavy (non-hydrogen) atoms. The minimum Gasteiger partial charge on any atom is -0.336 e. The van der Waals surface area contributed by atoms with Gasteiger partial charge in [0.15, 0.2) is 0 Å². The molecule has 1 aliphatic carbocycles. The summed E-state index contributed by atoms with van der Waals surface area (Å²) < 4.78 is 0. The molecule has 1 unspecified atom stereocenters. The van der Waals surface area contributed by atoms with Gasteiger partial charge in [0.1, 0.15) is 0 Å². The predicted molar refractivity (Wildman–Crippen MR) is 72.2 cm³/mol. The second kappa shape index (κ2) is 5.21. The van der Waals surface area contributed by atoms with Crippen molar-refractivity contribution in [3.05, 3.63) is 22.4 Å². The van der Waals surface area contributed by atoms with E-state index < -0.39 is 0 Å². The highest BCUT2D eigenvalue weighted by Crippen LogP contribution is 2.31. The van der Waals surface area contributed by atoms with Crippen LogP contribution in [-0.4, -0.2) is 22.9 Å². The van der Waals surface area contributed by atoms with Gasteiger partial charge in [-0.15, -0.1) is 11.3 Å². The lowest BCUT2D eigenvalue weighted by Crippen LogP contribution is -2.43. The Morgan fingerprint density at radius 3 is 2.65 bits per heavy atom. The van der Waals surface area contributed by atoms with E-state index in [2.05, 4.69) is 25.7 Å². The molecule has 1 aromatic rings. The van der Waals surface area contributed by atoms with Gasteiger partial charge in [-0.25, -0.2) is 0 Å². The normalized spacial score (nSPS) is 17.2. The van der Waals surface area contributed by atoms with E-state index in [-0.39, 0.29) is 0 Å². The molecule has 0 saturated heterocycles. The Labute approximate surface area is 108 Å². The van der Waals surface area contributed by atoms with Gasteiger partial charge < -0.3 is 4.90 Å². The van der Waals surface area contributed by atoms with E-state index in [1.54, 1.807) is 11.3 Å². The number of rotatable bonds is 5. The number of nitrogens with zero attached hydrogens (tertiary/aromatic N) is 1. The summed E-state index contributed by atoms with van der Waals surface area (Å²) in [4.78, 5) is 15.7. The molecule has 1 heterocycles. The van der Waals surface area contributed by atoms with Gasteiger partial charge >= 0.3 is 0 Å². The zero-order chi connectivity index (χ0) is 12.4. The molecule has 0 radical (unpaired) electrons. The van der Waals surface area contributed by atoms with Gasteiger partial charge in [0.2, 0.25) is 5.91 Å². The van der Waals surface area contributed by atoms with Crippen LogP contribution in [0.2, 0.25) is 0 Å². The van der Waals surface area contributed by atoms with Crippen LogP contribution in [0, 0.1) is 5.92 Å². The summed E-state index contributed by atoms with van der Waals surface area (Å²) in [6.45, 7) is 6.56. The van der Waals surface area contributed by atoms with Gasteiger partial charge in [0.25, 0.3) is 0 Å². The molecular weight excluding hydrogens is 230 g/mol. The van der Waals surface area contributed by atoms with Crippen molar-refractivity contribution in [2.75, 3.05) is 0 Å². The highest BCUT2D eigenvalue weighted by molar-refractivity contribution is 7.10. The Kier molecular flexibility index (Phi) is 3.87. The summed E-state index contributed by atoms with van der Waals surface area (Å²) in [5.41, 5.74) is 0. The van der Waals surface area contributed by atoms with Crippen molar-refractivity contribution in [2.45, 2.75) is 52.1 Å². The first-order valence-electron chi connectivity index (χ1n) is 6.43. The summed E-state index contributed by atoms with van der Waals surface area (Å²) >= 11 is 1.67. The molecule has 0 N–H and O–H groups in total. The van der Waals surface area contributed by atoms with Crippen molar-refractivity contribution in [3.63, 3.8) is 0 Å². The average Bonchev–Trinajstić information content (AvgIpc) is 2.96. The highest BCUT2D eigenvalue weighted by atomic mass is 32.1. The van der Waals surface area contributed by atoms with Gasteiger partial charge in [0.05, 0.1) is 6.42 Å². The number of carbonyl (C=O) groups excluding carboxylic acids is 1. The molecule has 0 bridgehead atoms. The summed E-state index contributed by atoms with van der Waals surface area (Å²) in [5, 5.41) is 2.04. The molecule has 0 aromatic carbocycles. The van der Waals surface area contributed by atoms with Gasteiger partial charge in [-0.05, 0) is 37.1 Å². The van der Waals surface area contributed by atoms with Crippen molar-refractivity contribution in [2.24, 2.45) is 5.92 Å². The van der Waals surface area contributed by atoms with E-state index in [0.717, 1.165) is 0 Å². The molecule has 1 fully saturated rings. The van der Waals surface area contributed by atoms with Gasteiger partial charge in [-0.2, -0.15) is 0 Å². The molecule has 1 saturated carbocycles. The third kappa shape index (κ3) is 3.09. The average molecular weight is 251 g/mol. The van der Waals surface area contributed by atoms with Crippen LogP contribution in [0.15, 0.2) is 17.5 Å². The van der Waals surface area contributed by atoms with Crippen LogP contribution in [0.4, 0.5) is 0 Å². The van der Waals surface area contributed by atoms with Crippen LogP contribution in [0.5, 0.6) is 0 Å². The quantitative estimate of drug-likeness (QED) is 0.786. The van der Waals surface area contributed by atoms with Crippen LogP contribution in [0.1, 0.15) is 38.5 Å². The second-order valence-corrected chi connectivity index (χ2v) is 6.31. The van der Waals surface area contributed by atoms with Gasteiger partial charge in [0, 0.05) is 17.0 Å². The van der Waals surface area contributed by atoms with Gasteiger partial charge in [-0.1, -0.05) is 19.9 Å². The largest absolute Gasteiger partial charge is 0.336 e. The molecule has 1 aliphatic rings. The summed E-state index contributed by atoms with van der Waals surface area (Å²) in [7, 11) is 0. The van der Waals surface area contributed by atoms with Crippen molar-refractivity contribution in [1.82, 2.24) is 4.90 Å². The molecule has 0 spiro atoms. The Bertz CT molecular complexity index is 368. The first-order valence-corrected chi connectivity index (χ1v) is 7.31. The summed E-state index contributed by atoms with van der Waals surface area (Å²) in [6, 6.07) is 4.93. The molecule has 0 aliphatic heterocycles. The topological polar surface area (TPSA) is 20.3 Å². The first kappa shape index (κ1) is 12.6. The minimum absolute atomic E-state index is 0.302. The van der Waals surface area contributed by atoms with Gasteiger partial charge in [-0.3, -0.25) is 4.79 Å². The molecule has 2 nitrogen and oxygen atoms in total. The molecular formula is C14H21NOS. The fourth-order valence-electron chi connectivity index (χ4n) is 2.09. The van der Waals surface area contributed by atoms with Crippen molar-refractivity contribution < 1.29 is 4.79 Å². The zero-order valence-electron chi connectivity index (χ0n) is 10.8. The van der Waals surface area contributed by atoms with Crippen molar-refractivity contribution in [3.8, 4) is 0 Å². The first-order chi connectivity index (χ1) is 8.09. The fraction of sp³-hybridized carbons (Fsp3) is 0.643. The number of hydrogen-bond acceptors (Lipinski definition) is 2. The van der Waals surface area contributed by atoms with E-state index in [4.69, 9.17) is 0 Å². The Morgan fingerprint density at radius 2 is 2.18 bits per heavy atom. The van der Waals surface area contributed by atoms with Crippen molar-refractivity contribution in [1.29, 1.82) is 0 Å². The number of amides is 1. The maximum absolute atomic E-state index is 12.4. The zero-order valence-corrected chi connectivity index (χ0v) is 11.7. The van der Waals surface area contributed by atoms with E-state index in [0.29, 0.717) is 30.3 Å². The Hall–Kier alpha value is -0.830. The van der Waals surface area contributed by atoms with E-state index in [9.17, 15) is 4.79 Å². The lowest BCUT2D eigenvalue weighted by molar-refractivity contribution is -0.134. The Balaban J connectivity index is 2.03. The standard InChI is InChI=1S/C14H21NOS/c1-10(2)11(3)15(12-6-7-12)14(16)9-13-5-4-8-17-13/h4-5,8,10-12H,6-7,9H2,1-3H3. The summed E-state index contributed by atoms with van der Waals surface area (Å²) in [6.07, 6.45) is 2.95. The highest BCUT2D eigenvalue weighted by Gasteiger charge is 2.36. The lowest BCUT2D eigenvalue weighted by Gasteiger charge is -2.32. The SMILES string of the molecule is CC(C)C(C)N(C(=O)Cc1cccs1)C1CC1. The summed E-state index contributed by atoms with van der Waals surface area (Å²) in [5.74, 6) is 0.832. The van der Waals surface area contributed by atoms with E-state index in [1.807, 2.05) is 17.5 Å². The molecule has 1 aromatic heterocycles. The fourth-order valence-corrected chi connectivity index (χ4v) is 2.79. The van der Waals surface area contributed by atoms with Crippen LogP contribution >= 0.6 is 11.3 Å². The predicted octanol–water partition coefficient (Wildman–Crippen LogP) is 3.33. The monoisotopic (exact) mass is 251 g/mol.